The highest BCUT2D eigenvalue weighted by Gasteiger charge is 2.46. The van der Waals surface area contributed by atoms with E-state index < -0.39 is 27.6 Å². The summed E-state index contributed by atoms with van der Waals surface area (Å²) in [6.07, 6.45) is 0.0500. The maximum Gasteiger partial charge on any atom is 0.322 e. The van der Waals surface area contributed by atoms with Crippen molar-refractivity contribution in [2.45, 2.75) is 50.5 Å². The number of hydrogen-bond donors (Lipinski definition) is 1. The maximum atomic E-state index is 12.7. The first-order valence-electron chi connectivity index (χ1n) is 9.74. The molecule has 3 unspecified atom stereocenters. The fraction of sp³-hybridized carbons (Fsp3) is 0.375. The first kappa shape index (κ1) is 23.8. The molecule has 0 aromatic heterocycles. The maximum absolute atomic E-state index is 12.7. The van der Waals surface area contributed by atoms with Gasteiger partial charge >= 0.3 is 11.9 Å². The van der Waals surface area contributed by atoms with Gasteiger partial charge in [0.15, 0.2) is 0 Å². The van der Waals surface area contributed by atoms with Crippen LogP contribution in [0.3, 0.4) is 0 Å². The van der Waals surface area contributed by atoms with Crippen molar-refractivity contribution in [2.75, 3.05) is 0 Å². The quantitative estimate of drug-likeness (QED) is 0.381. The first-order chi connectivity index (χ1) is 14.0. The number of carboxylic acids is 1. The molecule has 0 aliphatic heterocycles. The van der Waals surface area contributed by atoms with Crippen LogP contribution in [0.4, 0.5) is 0 Å². The zero-order valence-electron chi connectivity index (χ0n) is 17.4. The van der Waals surface area contributed by atoms with E-state index in [0.29, 0.717) is 0 Å². The molecule has 0 aliphatic rings. The van der Waals surface area contributed by atoms with Crippen LogP contribution >= 0.6 is 15.9 Å². The number of rotatable bonds is 10. The van der Waals surface area contributed by atoms with Gasteiger partial charge in [-0.3, -0.25) is 14.4 Å². The van der Waals surface area contributed by atoms with E-state index in [4.69, 9.17) is 4.74 Å². The normalized spacial score (nSPS) is 16.0. The van der Waals surface area contributed by atoms with Crippen LogP contribution in [0.15, 0.2) is 60.7 Å². The van der Waals surface area contributed by atoms with Crippen LogP contribution in [0.2, 0.25) is 0 Å². The van der Waals surface area contributed by atoms with Gasteiger partial charge in [0.2, 0.25) is 0 Å². The second-order valence-corrected chi connectivity index (χ2v) is 9.83. The summed E-state index contributed by atoms with van der Waals surface area (Å²) in [4.78, 5) is 37.2. The van der Waals surface area contributed by atoms with Crippen LogP contribution < -0.4 is 0 Å². The molecule has 0 heterocycles. The average molecular weight is 475 g/mol. The minimum absolute atomic E-state index is 0.0282. The van der Waals surface area contributed by atoms with Gasteiger partial charge in [-0.1, -0.05) is 76.6 Å². The summed E-state index contributed by atoms with van der Waals surface area (Å²) in [5.41, 5.74) is 0.284. The van der Waals surface area contributed by atoms with E-state index >= 15 is 0 Å². The molecule has 0 saturated heterocycles. The minimum atomic E-state index is -1.32. The summed E-state index contributed by atoms with van der Waals surface area (Å²) >= 11 is 3.39. The van der Waals surface area contributed by atoms with Gasteiger partial charge in [-0.25, -0.2) is 0 Å². The number of alkyl halides is 1. The fourth-order valence-electron chi connectivity index (χ4n) is 3.55. The summed E-state index contributed by atoms with van der Waals surface area (Å²) in [5, 5.41) is 9.98. The second-order valence-electron chi connectivity index (χ2n) is 8.08. The van der Waals surface area contributed by atoms with Gasteiger partial charge in [0.1, 0.15) is 16.7 Å². The molecular weight excluding hydrogens is 448 g/mol. The number of benzene rings is 2. The molecule has 1 N–H and O–H groups in total. The van der Waals surface area contributed by atoms with Crippen molar-refractivity contribution in [2.24, 2.45) is 5.41 Å². The Morgan fingerprint density at radius 3 is 2.03 bits per heavy atom. The molecule has 0 bridgehead atoms. The van der Waals surface area contributed by atoms with Crippen molar-refractivity contribution in [3.8, 4) is 0 Å². The summed E-state index contributed by atoms with van der Waals surface area (Å²) in [6.45, 7) is 4.73. The predicted molar refractivity (Wildman–Crippen MR) is 118 cm³/mol. The van der Waals surface area contributed by atoms with E-state index in [2.05, 4.69) is 15.9 Å². The zero-order chi connectivity index (χ0) is 22.4. The number of carboxylic acid groups (broad SMARTS) is 1. The van der Waals surface area contributed by atoms with Crippen LogP contribution in [0.25, 0.3) is 0 Å². The third kappa shape index (κ3) is 6.26. The van der Waals surface area contributed by atoms with Crippen LogP contribution in [0.5, 0.6) is 0 Å². The van der Waals surface area contributed by atoms with Gasteiger partial charge in [-0.15, -0.1) is 0 Å². The Kier molecular flexibility index (Phi) is 7.96. The topological polar surface area (TPSA) is 80.7 Å². The Morgan fingerprint density at radius 2 is 1.53 bits per heavy atom. The van der Waals surface area contributed by atoms with Crippen molar-refractivity contribution in [1.82, 2.24) is 0 Å². The average Bonchev–Trinajstić information content (AvgIpc) is 2.71. The standard InChI is InChI=1S/C24H27BrO5/c1-17(26)20(19-12-8-5-9-13-19)14-23(2,21(27)28)16-24(3,25)22(29)30-15-18-10-6-4-7-11-18/h4-13,20H,14-16H2,1-3H3,(H,27,28). The van der Waals surface area contributed by atoms with E-state index in [9.17, 15) is 19.5 Å². The molecule has 0 saturated carbocycles. The van der Waals surface area contributed by atoms with Crippen molar-refractivity contribution in [1.29, 1.82) is 0 Å². The summed E-state index contributed by atoms with van der Waals surface area (Å²) in [7, 11) is 0. The number of hydrogen-bond acceptors (Lipinski definition) is 4. The predicted octanol–water partition coefficient (Wildman–Crippen LogP) is 5.13. The number of ether oxygens (including phenoxy) is 1. The van der Waals surface area contributed by atoms with Crippen LogP contribution in [0, 0.1) is 5.41 Å². The van der Waals surface area contributed by atoms with Crippen LogP contribution in [-0.4, -0.2) is 27.2 Å². The number of aliphatic carboxylic acids is 1. The molecule has 30 heavy (non-hydrogen) atoms. The van der Waals surface area contributed by atoms with Crippen molar-refractivity contribution >= 4 is 33.7 Å². The van der Waals surface area contributed by atoms with Gasteiger partial charge in [0.25, 0.3) is 0 Å². The third-order valence-corrected chi connectivity index (χ3v) is 5.83. The van der Waals surface area contributed by atoms with Crippen molar-refractivity contribution in [3.05, 3.63) is 71.8 Å². The van der Waals surface area contributed by atoms with Gasteiger partial charge < -0.3 is 9.84 Å². The molecule has 2 aromatic carbocycles. The van der Waals surface area contributed by atoms with Gasteiger partial charge in [-0.2, -0.15) is 0 Å². The number of halogens is 1. The molecule has 2 rings (SSSR count). The molecule has 0 aliphatic carbocycles. The molecule has 2 aromatic rings. The zero-order valence-corrected chi connectivity index (χ0v) is 19.0. The Bertz CT molecular complexity index is 879. The highest BCUT2D eigenvalue weighted by molar-refractivity contribution is 9.10. The molecule has 0 radical (unpaired) electrons. The minimum Gasteiger partial charge on any atom is -0.481 e. The smallest absolute Gasteiger partial charge is 0.322 e. The molecule has 0 fully saturated rings. The van der Waals surface area contributed by atoms with E-state index in [1.165, 1.54) is 6.92 Å². The molecule has 5 nitrogen and oxygen atoms in total. The number of carbonyl (C=O) groups excluding carboxylic acids is 2. The lowest BCUT2D eigenvalue weighted by Gasteiger charge is -2.34. The fourth-order valence-corrected chi connectivity index (χ4v) is 4.28. The number of Topliss-reactive ketones (excluding diaryl/α,β-unsaturated/α-hetero) is 1. The lowest BCUT2D eigenvalue weighted by Crippen LogP contribution is -2.41. The third-order valence-electron chi connectivity index (χ3n) is 5.22. The number of ketones is 1. The highest BCUT2D eigenvalue weighted by Crippen LogP contribution is 2.42. The Balaban J connectivity index is 2.17. The Labute approximate surface area is 185 Å². The molecule has 0 spiro atoms. The Hall–Kier alpha value is -2.47. The monoisotopic (exact) mass is 474 g/mol. The van der Waals surface area contributed by atoms with Crippen LogP contribution in [-0.2, 0) is 25.7 Å². The highest BCUT2D eigenvalue weighted by atomic mass is 79.9. The van der Waals surface area contributed by atoms with Gasteiger partial charge in [-0.05, 0) is 44.7 Å². The molecule has 160 valence electrons. The lowest BCUT2D eigenvalue weighted by molar-refractivity contribution is -0.153. The molecule has 6 heteroatoms. The number of carbonyl (C=O) groups is 3. The van der Waals surface area contributed by atoms with E-state index in [-0.39, 0.29) is 25.2 Å². The lowest BCUT2D eigenvalue weighted by atomic mass is 9.72. The molecule has 3 atom stereocenters. The van der Waals surface area contributed by atoms with E-state index in [1.54, 1.807) is 13.8 Å². The first-order valence-corrected chi connectivity index (χ1v) is 10.5. The number of esters is 1. The van der Waals surface area contributed by atoms with Crippen molar-refractivity contribution < 1.29 is 24.2 Å². The second kappa shape index (κ2) is 10.0. The summed E-state index contributed by atoms with van der Waals surface area (Å²) < 4.78 is 4.19. The Morgan fingerprint density at radius 1 is 1.00 bits per heavy atom. The molecule has 0 amide bonds. The molecular formula is C24H27BrO5. The van der Waals surface area contributed by atoms with Crippen molar-refractivity contribution in [3.63, 3.8) is 0 Å². The van der Waals surface area contributed by atoms with E-state index in [0.717, 1.165) is 11.1 Å². The summed E-state index contributed by atoms with van der Waals surface area (Å²) in [5.74, 6) is -2.29. The van der Waals surface area contributed by atoms with Gasteiger partial charge in [0.05, 0.1) is 5.41 Å². The van der Waals surface area contributed by atoms with Gasteiger partial charge in [0, 0.05) is 5.92 Å². The van der Waals surface area contributed by atoms with Crippen LogP contribution in [0.1, 0.15) is 50.7 Å². The largest absolute Gasteiger partial charge is 0.481 e. The van der Waals surface area contributed by atoms with E-state index in [1.807, 2.05) is 60.7 Å². The summed E-state index contributed by atoms with van der Waals surface area (Å²) in [6, 6.07) is 18.4. The SMILES string of the molecule is CC(=O)C(CC(C)(CC(C)(Br)C(=O)OCc1ccccc1)C(=O)O)c1ccccc1.